The molecule has 0 saturated carbocycles. The van der Waals surface area contributed by atoms with Gasteiger partial charge in [0.2, 0.25) is 0 Å². The molecule has 0 N–H and O–H groups in total. The Morgan fingerprint density at radius 3 is 1.95 bits per heavy atom. The molecule has 114 valence electrons. The van der Waals surface area contributed by atoms with Crippen LogP contribution in [0.1, 0.15) is 52.0 Å². The van der Waals surface area contributed by atoms with Crippen LogP contribution in [0.2, 0.25) is 0 Å². The van der Waals surface area contributed by atoms with Gasteiger partial charge in [0, 0.05) is 24.6 Å². The third-order valence-electron chi connectivity index (χ3n) is 4.20. The average Bonchev–Trinajstić information content (AvgIpc) is 2.47. The highest BCUT2D eigenvalue weighted by Crippen LogP contribution is 2.34. The van der Waals surface area contributed by atoms with E-state index in [9.17, 15) is 0 Å². The summed E-state index contributed by atoms with van der Waals surface area (Å²) in [6.07, 6.45) is 6.22. The van der Waals surface area contributed by atoms with Gasteiger partial charge in [0.25, 0.3) is 0 Å². The van der Waals surface area contributed by atoms with Gasteiger partial charge >= 0.3 is 0 Å². The highest BCUT2D eigenvalue weighted by molar-refractivity contribution is 9.09. The Morgan fingerprint density at radius 2 is 1.55 bits per heavy atom. The number of hydrogen-bond acceptors (Lipinski definition) is 1. The number of halogens is 1. The molecule has 2 heteroatoms. The summed E-state index contributed by atoms with van der Waals surface area (Å²) in [6.45, 7) is 7.93. The molecule has 0 atom stereocenters. The van der Waals surface area contributed by atoms with E-state index in [1.165, 1.54) is 36.9 Å². The molecule has 0 aliphatic heterocycles. The molecule has 0 fully saturated rings. The van der Waals surface area contributed by atoms with Gasteiger partial charge in [0.05, 0.1) is 0 Å². The van der Waals surface area contributed by atoms with Crippen LogP contribution in [0.5, 0.6) is 0 Å². The van der Waals surface area contributed by atoms with Gasteiger partial charge in [-0.3, -0.25) is 0 Å². The van der Waals surface area contributed by atoms with E-state index in [2.05, 4.69) is 72.9 Å². The molecule has 1 rings (SSSR count). The maximum absolute atomic E-state index is 3.77. The van der Waals surface area contributed by atoms with Gasteiger partial charge in [0.1, 0.15) is 0 Å². The van der Waals surface area contributed by atoms with E-state index in [1.54, 1.807) is 0 Å². The largest absolute Gasteiger partial charge is 0.374 e. The van der Waals surface area contributed by atoms with Gasteiger partial charge < -0.3 is 4.90 Å². The monoisotopic (exact) mass is 339 g/mol. The van der Waals surface area contributed by atoms with E-state index in [4.69, 9.17) is 0 Å². The first-order valence-corrected chi connectivity index (χ1v) is 9.09. The first-order valence-electron chi connectivity index (χ1n) is 7.96. The normalized spacial score (nSPS) is 11.7. The van der Waals surface area contributed by atoms with Crippen molar-refractivity contribution >= 4 is 21.6 Å². The fourth-order valence-corrected chi connectivity index (χ4v) is 3.84. The van der Waals surface area contributed by atoms with Crippen molar-refractivity contribution in [1.29, 1.82) is 0 Å². The van der Waals surface area contributed by atoms with Gasteiger partial charge in [-0.1, -0.05) is 61.7 Å². The predicted molar refractivity (Wildman–Crippen MR) is 95.1 cm³/mol. The smallest absolute Gasteiger partial charge is 0.0363 e. The minimum atomic E-state index is 0.404. The summed E-state index contributed by atoms with van der Waals surface area (Å²) >= 11 is 3.77. The van der Waals surface area contributed by atoms with Crippen LogP contribution in [0.15, 0.2) is 24.3 Å². The Labute approximate surface area is 133 Å². The Balaban J connectivity index is 2.80. The lowest BCUT2D eigenvalue weighted by Gasteiger charge is -2.36. The van der Waals surface area contributed by atoms with Crippen LogP contribution in [0.25, 0.3) is 0 Å². The molecular formula is C18H30BrN. The minimum absolute atomic E-state index is 0.404. The molecule has 0 aliphatic carbocycles. The van der Waals surface area contributed by atoms with Crippen LogP contribution < -0.4 is 4.90 Å². The van der Waals surface area contributed by atoms with E-state index in [0.29, 0.717) is 5.41 Å². The summed E-state index contributed by atoms with van der Waals surface area (Å²) < 4.78 is 0. The van der Waals surface area contributed by atoms with Gasteiger partial charge in [-0.25, -0.2) is 0 Å². The second-order valence-electron chi connectivity index (χ2n) is 6.01. The lowest BCUT2D eigenvalue weighted by atomic mass is 9.80. The molecular weight excluding hydrogens is 310 g/mol. The molecule has 0 heterocycles. The summed E-state index contributed by atoms with van der Waals surface area (Å²) in [4.78, 5) is 2.42. The number of benzene rings is 1. The number of anilines is 1. The standard InChI is InChI=1S/C18H30BrN/c1-5-12-18(14-19,13-6-2)15-20(4)17-10-8-16(7-3)9-11-17/h8-11H,5-7,12-15H2,1-4H3. The Hall–Kier alpha value is -0.500. The Morgan fingerprint density at radius 1 is 1.00 bits per heavy atom. The lowest BCUT2D eigenvalue weighted by molar-refractivity contribution is 0.283. The molecule has 0 spiro atoms. The molecule has 0 saturated heterocycles. The zero-order valence-electron chi connectivity index (χ0n) is 13.6. The number of nitrogens with zero attached hydrogens (tertiary/aromatic N) is 1. The molecule has 0 amide bonds. The minimum Gasteiger partial charge on any atom is -0.374 e. The van der Waals surface area contributed by atoms with Crippen molar-refractivity contribution in [2.45, 2.75) is 52.9 Å². The van der Waals surface area contributed by atoms with Crippen LogP contribution in [0, 0.1) is 5.41 Å². The van der Waals surface area contributed by atoms with E-state index in [0.717, 1.165) is 18.3 Å². The molecule has 0 radical (unpaired) electrons. The quantitative estimate of drug-likeness (QED) is 0.524. The van der Waals surface area contributed by atoms with Crippen molar-refractivity contribution in [1.82, 2.24) is 0 Å². The fraction of sp³-hybridized carbons (Fsp3) is 0.667. The van der Waals surface area contributed by atoms with Crippen molar-refractivity contribution in [3.63, 3.8) is 0 Å². The van der Waals surface area contributed by atoms with Gasteiger partial charge in [-0.15, -0.1) is 0 Å². The van der Waals surface area contributed by atoms with Crippen LogP contribution in [0.4, 0.5) is 5.69 Å². The van der Waals surface area contributed by atoms with Crippen LogP contribution >= 0.6 is 15.9 Å². The van der Waals surface area contributed by atoms with Crippen LogP contribution in [0.3, 0.4) is 0 Å². The van der Waals surface area contributed by atoms with Gasteiger partial charge in [-0.05, 0) is 42.4 Å². The molecule has 0 unspecified atom stereocenters. The Bertz CT molecular complexity index is 366. The third-order valence-corrected chi connectivity index (χ3v) is 5.39. The maximum Gasteiger partial charge on any atom is 0.0363 e. The third kappa shape index (κ3) is 4.80. The molecule has 0 aromatic heterocycles. The van der Waals surface area contributed by atoms with E-state index >= 15 is 0 Å². The molecule has 1 aromatic carbocycles. The summed E-state index contributed by atoms with van der Waals surface area (Å²) in [5.41, 5.74) is 3.15. The van der Waals surface area contributed by atoms with Crippen molar-refractivity contribution < 1.29 is 0 Å². The van der Waals surface area contributed by atoms with Crippen molar-refractivity contribution in [3.8, 4) is 0 Å². The number of rotatable bonds is 9. The van der Waals surface area contributed by atoms with Gasteiger partial charge in [0.15, 0.2) is 0 Å². The lowest BCUT2D eigenvalue weighted by Crippen LogP contribution is -2.37. The maximum atomic E-state index is 3.77. The highest BCUT2D eigenvalue weighted by Gasteiger charge is 2.28. The number of aryl methyl sites for hydroxylation is 1. The second kappa shape index (κ2) is 8.71. The fourth-order valence-electron chi connectivity index (χ4n) is 3.10. The van der Waals surface area contributed by atoms with Crippen LogP contribution in [-0.4, -0.2) is 18.9 Å². The zero-order valence-corrected chi connectivity index (χ0v) is 15.2. The topological polar surface area (TPSA) is 3.24 Å². The first-order chi connectivity index (χ1) is 9.60. The van der Waals surface area contributed by atoms with Crippen molar-refractivity contribution in [2.24, 2.45) is 5.41 Å². The summed E-state index contributed by atoms with van der Waals surface area (Å²) in [7, 11) is 2.23. The van der Waals surface area contributed by atoms with Crippen LogP contribution in [-0.2, 0) is 6.42 Å². The average molecular weight is 340 g/mol. The number of hydrogen-bond donors (Lipinski definition) is 0. The van der Waals surface area contributed by atoms with Crippen molar-refractivity contribution in [2.75, 3.05) is 23.8 Å². The Kier molecular flexibility index (Phi) is 7.65. The zero-order chi connectivity index (χ0) is 15.0. The van der Waals surface area contributed by atoms with E-state index < -0.39 is 0 Å². The predicted octanol–water partition coefficient (Wildman–Crippen LogP) is 5.67. The summed E-state index contributed by atoms with van der Waals surface area (Å²) in [5, 5.41) is 1.10. The highest BCUT2D eigenvalue weighted by atomic mass is 79.9. The molecule has 1 nitrogen and oxygen atoms in total. The summed E-state index contributed by atoms with van der Waals surface area (Å²) in [6, 6.07) is 9.02. The van der Waals surface area contributed by atoms with E-state index in [-0.39, 0.29) is 0 Å². The van der Waals surface area contributed by atoms with Crippen molar-refractivity contribution in [3.05, 3.63) is 29.8 Å². The molecule has 1 aromatic rings. The second-order valence-corrected chi connectivity index (χ2v) is 6.57. The molecule has 20 heavy (non-hydrogen) atoms. The molecule has 0 aliphatic rings. The summed E-state index contributed by atoms with van der Waals surface area (Å²) in [5.74, 6) is 0. The number of alkyl halides is 1. The SMILES string of the molecule is CCCC(CBr)(CCC)CN(C)c1ccc(CC)cc1. The van der Waals surface area contributed by atoms with E-state index in [1.807, 2.05) is 0 Å². The molecule has 0 bridgehead atoms. The first kappa shape index (κ1) is 17.6. The van der Waals surface area contributed by atoms with Gasteiger partial charge in [-0.2, -0.15) is 0 Å².